The molecule has 0 saturated heterocycles. The second kappa shape index (κ2) is 33.6. The Balaban J connectivity index is 0.000000495. The number of nitrogens with one attached hydrogen (secondary N) is 2. The van der Waals surface area contributed by atoms with Gasteiger partial charge in [0.2, 0.25) is 0 Å². The predicted molar refractivity (Wildman–Crippen MR) is 295 cm³/mol. The van der Waals surface area contributed by atoms with Crippen LogP contribution in [-0.4, -0.2) is 74.1 Å². The zero-order valence-electron chi connectivity index (χ0n) is 44.5. The summed E-state index contributed by atoms with van der Waals surface area (Å²) in [6.45, 7) is 15.9. The summed E-state index contributed by atoms with van der Waals surface area (Å²) in [6, 6.07) is 33.8. The Bertz CT molecular complexity index is 3080. The SMILES string of the molecule is C[C@@H]1Cc2ccccc2N1.Cc1cc(C(=O)Cl)c([N+](=O)[O-])cc1C.Cc1cc(C(=O)N2c3ccccc3C[C@H]2C)c([N+](=O)[O-])cc1C.Cc1cc(C(=O)O)c([N+](=O)[O-])cc1C.Cl.O=C=O.O=C=O.O=C=O.c1ccc2c(c1)CCN2. The lowest BCUT2D eigenvalue weighted by Gasteiger charge is -2.23. The van der Waals surface area contributed by atoms with E-state index in [1.807, 2.05) is 45.0 Å². The minimum atomic E-state index is -1.28. The maximum atomic E-state index is 13.0. The normalized spacial score (nSPS) is 12.8. The van der Waals surface area contributed by atoms with Crippen molar-refractivity contribution in [2.75, 3.05) is 22.1 Å². The van der Waals surface area contributed by atoms with Gasteiger partial charge in [0.25, 0.3) is 28.2 Å². The molecule has 6 aromatic carbocycles. The maximum absolute atomic E-state index is 13.0. The number of aromatic carboxylic acids is 1. The molecule has 0 saturated carbocycles. The number of hydrogen-bond donors (Lipinski definition) is 3. The third kappa shape index (κ3) is 19.8. The number of nitro groups is 3. The lowest BCUT2D eigenvalue weighted by Crippen LogP contribution is -2.36. The fraction of sp³-hybridized carbons (Fsp3) is 0.250. The number of carbonyl (C=O) groups excluding carboxylic acids is 8. The van der Waals surface area contributed by atoms with Crippen LogP contribution < -0.4 is 15.5 Å². The van der Waals surface area contributed by atoms with Gasteiger partial charge in [-0.25, -0.2) is 4.79 Å². The van der Waals surface area contributed by atoms with Gasteiger partial charge in [0.05, 0.1) is 14.8 Å². The zero-order valence-corrected chi connectivity index (χ0v) is 46.1. The van der Waals surface area contributed by atoms with Gasteiger partial charge in [-0.2, -0.15) is 28.8 Å². The topological polar surface area (TPSA) is 331 Å². The van der Waals surface area contributed by atoms with Gasteiger partial charge in [0.15, 0.2) is 0 Å². The zero-order chi connectivity index (χ0) is 59.7. The number of fused-ring (bicyclic) bond motifs is 3. The molecule has 3 aliphatic heterocycles. The average Bonchev–Trinajstić information content (AvgIpc) is 4.13. The van der Waals surface area contributed by atoms with Crippen molar-refractivity contribution < 1.29 is 63.0 Å². The first-order valence-corrected chi connectivity index (χ1v) is 24.0. The second-order valence-electron chi connectivity index (χ2n) is 17.6. The van der Waals surface area contributed by atoms with E-state index in [0.29, 0.717) is 11.6 Å². The van der Waals surface area contributed by atoms with Crippen LogP contribution in [0.25, 0.3) is 0 Å². The Hall–Kier alpha value is -9.55. The standard InChI is InChI=1S/C18H18N2O3.C9H8ClNO3.C9H9NO4.C9H11N.C8H9N.3CO2.ClH/c1-11-8-15(17(20(22)23)9-12(11)2)18(21)19-13(3)10-14-6-4-5-7-16(14)19;1-5-3-7(9(10)12)8(11(13)14)4-6(5)2;1-5-3-7(9(11)12)8(10(13)14)4-6(5)2;1-7-6-8-4-2-3-5-9(8)10-7;1-2-4-8-7(3-1)5-6-9-8;3*2-1-3;/h4-9,13H,10H2,1-3H3;3-4H,1-2H3;3-4H,1-2H3,(H,11,12);2-5,7,10H,6H2,1H3;1-4,9H,5-6H2;;;;1H/t13-;;;7-;;;;;/m1..1...../s1. The first kappa shape index (κ1) is 68.5. The molecule has 9 rings (SSSR count). The lowest BCUT2D eigenvalue weighted by atomic mass is 10.0. The van der Waals surface area contributed by atoms with Gasteiger partial charge in [-0.1, -0.05) is 54.6 Å². The highest BCUT2D eigenvalue weighted by atomic mass is 35.5. The monoisotopic (exact) mass is 1140 g/mol. The summed E-state index contributed by atoms with van der Waals surface area (Å²) in [5, 5.41) is 47.1. The first-order valence-electron chi connectivity index (χ1n) is 23.6. The minimum Gasteiger partial charge on any atom is -0.477 e. The third-order valence-electron chi connectivity index (χ3n) is 12.2. The van der Waals surface area contributed by atoms with Gasteiger partial charge in [-0.3, -0.25) is 39.9 Å². The maximum Gasteiger partial charge on any atom is 0.373 e. The van der Waals surface area contributed by atoms with Crippen LogP contribution in [0.1, 0.15) is 95.0 Å². The molecule has 3 aliphatic rings. The Morgan fingerprint density at radius 2 is 0.938 bits per heavy atom. The van der Waals surface area contributed by atoms with E-state index in [1.165, 1.54) is 65.7 Å². The number of carboxylic acids is 1. The van der Waals surface area contributed by atoms with Crippen molar-refractivity contribution >= 4 is 93.7 Å². The molecule has 22 nitrogen and oxygen atoms in total. The van der Waals surface area contributed by atoms with Gasteiger partial charge in [-0.15, -0.1) is 12.4 Å². The van der Waals surface area contributed by atoms with Crippen molar-refractivity contribution in [2.24, 2.45) is 0 Å². The number of carboxylic acid groups (broad SMARTS) is 1. The molecule has 0 aliphatic carbocycles. The average molecular weight is 1140 g/mol. The van der Waals surface area contributed by atoms with Crippen LogP contribution in [0.4, 0.5) is 34.1 Å². The fourth-order valence-electron chi connectivity index (χ4n) is 8.09. The summed E-state index contributed by atoms with van der Waals surface area (Å²) in [6.07, 6.45) is 3.88. The van der Waals surface area contributed by atoms with E-state index in [4.69, 9.17) is 45.5 Å². The van der Waals surface area contributed by atoms with E-state index >= 15 is 0 Å². The van der Waals surface area contributed by atoms with Gasteiger partial charge < -0.3 is 20.6 Å². The number of anilines is 3. The molecule has 420 valence electrons. The van der Waals surface area contributed by atoms with Gasteiger partial charge >= 0.3 is 24.4 Å². The van der Waals surface area contributed by atoms with Crippen LogP contribution in [-0.2, 0) is 48.0 Å². The highest BCUT2D eigenvalue weighted by Crippen LogP contribution is 2.35. The molecule has 1 amide bonds. The van der Waals surface area contributed by atoms with Gasteiger partial charge in [-0.05, 0) is 173 Å². The van der Waals surface area contributed by atoms with Crippen molar-refractivity contribution in [3.63, 3.8) is 0 Å². The number of nitrogens with zero attached hydrogens (tertiary/aromatic N) is 4. The smallest absolute Gasteiger partial charge is 0.373 e. The molecule has 6 aromatic rings. The lowest BCUT2D eigenvalue weighted by molar-refractivity contribution is -0.385. The molecule has 0 unspecified atom stereocenters. The summed E-state index contributed by atoms with van der Waals surface area (Å²) in [4.78, 5) is 116. The molecular formula is C56H56Cl2N6O16. The number of rotatable bonds is 6. The molecule has 24 heteroatoms. The molecule has 0 radical (unpaired) electrons. The van der Waals surface area contributed by atoms with Crippen molar-refractivity contribution in [1.29, 1.82) is 0 Å². The quantitative estimate of drug-likeness (QED) is 0.0792. The highest BCUT2D eigenvalue weighted by molar-refractivity contribution is 6.68. The number of carbonyl (C=O) groups is 3. The first-order chi connectivity index (χ1) is 37.3. The Labute approximate surface area is 470 Å². The molecule has 0 aromatic heterocycles. The fourth-order valence-corrected chi connectivity index (χ4v) is 8.24. The van der Waals surface area contributed by atoms with Crippen molar-refractivity contribution in [2.45, 2.75) is 86.7 Å². The van der Waals surface area contributed by atoms with Gasteiger partial charge in [0.1, 0.15) is 16.7 Å². The molecule has 0 spiro atoms. The Kier molecular flexibility index (Phi) is 28.7. The van der Waals surface area contributed by atoms with Crippen LogP contribution in [0.3, 0.4) is 0 Å². The van der Waals surface area contributed by atoms with E-state index in [9.17, 15) is 44.7 Å². The summed E-state index contributed by atoms with van der Waals surface area (Å²) in [5.41, 5.74) is 11.3. The summed E-state index contributed by atoms with van der Waals surface area (Å²) >= 11 is 5.23. The number of aryl methyl sites for hydroxylation is 6. The Morgan fingerprint density at radius 1 is 0.562 bits per heavy atom. The number of benzene rings is 6. The molecule has 3 heterocycles. The van der Waals surface area contributed by atoms with Crippen LogP contribution in [0.15, 0.2) is 109 Å². The number of hydrogen-bond acceptors (Lipinski definition) is 17. The van der Waals surface area contributed by atoms with E-state index < -0.39 is 26.0 Å². The van der Waals surface area contributed by atoms with Crippen LogP contribution in [0.5, 0.6) is 0 Å². The van der Waals surface area contributed by atoms with E-state index in [1.54, 1.807) is 38.7 Å². The molecular weight excluding hydrogens is 1080 g/mol. The van der Waals surface area contributed by atoms with Crippen LogP contribution >= 0.6 is 24.0 Å². The highest BCUT2D eigenvalue weighted by Gasteiger charge is 2.34. The van der Waals surface area contributed by atoms with E-state index in [0.717, 1.165) is 52.0 Å². The van der Waals surface area contributed by atoms with Crippen molar-refractivity contribution in [3.8, 4) is 0 Å². The second-order valence-corrected chi connectivity index (χ2v) is 17.9. The minimum absolute atomic E-state index is 0. The van der Waals surface area contributed by atoms with Gasteiger partial charge in [0, 0.05) is 53.9 Å². The third-order valence-corrected chi connectivity index (χ3v) is 12.4. The summed E-state index contributed by atoms with van der Waals surface area (Å²) in [5.74, 6) is -1.59. The molecule has 0 bridgehead atoms. The van der Waals surface area contributed by atoms with Crippen molar-refractivity contribution in [3.05, 3.63) is 206 Å². The number of para-hydroxylation sites is 3. The Morgan fingerprint density at radius 3 is 1.38 bits per heavy atom. The summed E-state index contributed by atoms with van der Waals surface area (Å²) in [7, 11) is 0. The molecule has 80 heavy (non-hydrogen) atoms. The number of halogens is 2. The molecule has 3 N–H and O–H groups in total. The van der Waals surface area contributed by atoms with E-state index in [2.05, 4.69) is 66.1 Å². The van der Waals surface area contributed by atoms with E-state index in [-0.39, 0.29) is 76.6 Å². The largest absolute Gasteiger partial charge is 0.477 e. The molecule has 0 fully saturated rings. The van der Waals surface area contributed by atoms with Crippen molar-refractivity contribution in [1.82, 2.24) is 0 Å². The number of amides is 1. The number of nitro benzene ring substituents is 3. The summed E-state index contributed by atoms with van der Waals surface area (Å²) < 4.78 is 0. The van der Waals surface area contributed by atoms with Crippen LogP contribution in [0, 0.1) is 71.9 Å². The van der Waals surface area contributed by atoms with Crippen LogP contribution in [0.2, 0.25) is 0 Å². The predicted octanol–water partition coefficient (Wildman–Crippen LogP) is 10.7. The molecule has 2 atom stereocenters.